The Hall–Kier alpha value is -2.94. The van der Waals surface area contributed by atoms with E-state index in [2.05, 4.69) is 15.2 Å². The number of carbonyl (C=O) groups excluding carboxylic acids is 1. The summed E-state index contributed by atoms with van der Waals surface area (Å²) < 4.78 is 12.2. The normalized spacial score (nSPS) is 10.8. The van der Waals surface area contributed by atoms with Crippen LogP contribution in [0.3, 0.4) is 0 Å². The highest BCUT2D eigenvalue weighted by molar-refractivity contribution is 7.99. The van der Waals surface area contributed by atoms with Gasteiger partial charge in [0.05, 0.1) is 12.9 Å². The molecule has 27 heavy (non-hydrogen) atoms. The van der Waals surface area contributed by atoms with E-state index in [9.17, 15) is 4.79 Å². The number of ether oxygens (including phenoxy) is 2. The lowest BCUT2D eigenvalue weighted by Crippen LogP contribution is -2.16. The van der Waals surface area contributed by atoms with Gasteiger partial charge in [-0.1, -0.05) is 17.8 Å². The van der Waals surface area contributed by atoms with Crippen molar-refractivity contribution in [1.82, 2.24) is 19.9 Å². The summed E-state index contributed by atoms with van der Waals surface area (Å²) in [6, 6.07) is 9.09. The van der Waals surface area contributed by atoms with Crippen molar-refractivity contribution in [1.29, 1.82) is 0 Å². The minimum atomic E-state index is 0.0130. The zero-order valence-electron chi connectivity index (χ0n) is 15.4. The Bertz CT molecular complexity index is 950. The van der Waals surface area contributed by atoms with E-state index in [-0.39, 0.29) is 18.1 Å². The van der Waals surface area contributed by atoms with Crippen LogP contribution in [0.25, 0.3) is 0 Å². The monoisotopic (exact) mass is 387 g/mol. The minimum absolute atomic E-state index is 0.0130. The van der Waals surface area contributed by atoms with Gasteiger partial charge in [-0.05, 0) is 32.0 Å². The Kier molecular flexibility index (Phi) is 5.70. The summed E-state index contributed by atoms with van der Waals surface area (Å²) >= 11 is 1.24. The molecule has 0 atom stereocenters. The molecule has 0 unspecified atom stereocenters. The molecular weight excluding hydrogens is 366 g/mol. The molecule has 3 rings (SSSR count). The number of ketones is 1. The number of nitrogens with zero attached hydrogens (tertiary/aromatic N) is 3. The van der Waals surface area contributed by atoms with E-state index in [1.807, 2.05) is 38.1 Å². The minimum Gasteiger partial charge on any atom is -0.497 e. The van der Waals surface area contributed by atoms with Crippen LogP contribution in [-0.4, -0.2) is 38.5 Å². The summed E-state index contributed by atoms with van der Waals surface area (Å²) in [5.74, 6) is 8.07. The van der Waals surface area contributed by atoms with E-state index in [1.54, 1.807) is 13.2 Å². The van der Waals surface area contributed by atoms with Gasteiger partial charge in [0.2, 0.25) is 5.16 Å². The fourth-order valence-corrected chi connectivity index (χ4v) is 3.32. The number of hydrogen-bond acceptors (Lipinski definition) is 7. The quantitative estimate of drug-likeness (QED) is 0.347. The van der Waals surface area contributed by atoms with Crippen LogP contribution in [0, 0.1) is 13.8 Å². The van der Waals surface area contributed by atoms with Gasteiger partial charge in [0.25, 0.3) is 0 Å². The number of H-pyrrole nitrogens is 1. The van der Waals surface area contributed by atoms with Crippen molar-refractivity contribution in [2.45, 2.75) is 25.6 Å². The van der Waals surface area contributed by atoms with Crippen LogP contribution in [-0.2, 0) is 6.61 Å². The fraction of sp³-hybridized carbons (Fsp3) is 0.278. The summed E-state index contributed by atoms with van der Waals surface area (Å²) in [5, 5.41) is 8.54. The van der Waals surface area contributed by atoms with Crippen LogP contribution in [0.1, 0.15) is 27.6 Å². The lowest BCUT2D eigenvalue weighted by Gasteiger charge is -2.07. The van der Waals surface area contributed by atoms with Crippen molar-refractivity contribution in [3.05, 3.63) is 53.1 Å². The molecule has 0 bridgehead atoms. The average Bonchev–Trinajstić information content (AvgIpc) is 3.19. The zero-order chi connectivity index (χ0) is 19.4. The van der Waals surface area contributed by atoms with Gasteiger partial charge in [0.1, 0.15) is 18.1 Å². The van der Waals surface area contributed by atoms with Crippen molar-refractivity contribution in [2.24, 2.45) is 0 Å². The van der Waals surface area contributed by atoms with Gasteiger partial charge in [0.15, 0.2) is 11.6 Å². The van der Waals surface area contributed by atoms with Crippen LogP contribution in [0.2, 0.25) is 0 Å². The number of nitrogen functional groups attached to an aromatic ring is 1. The highest BCUT2D eigenvalue weighted by atomic mass is 32.2. The number of aromatic amines is 1. The number of hydrogen-bond donors (Lipinski definition) is 2. The zero-order valence-corrected chi connectivity index (χ0v) is 16.2. The molecular formula is C18H21N5O3S. The molecule has 0 saturated heterocycles. The summed E-state index contributed by atoms with van der Waals surface area (Å²) in [7, 11) is 1.59. The molecule has 0 saturated carbocycles. The van der Waals surface area contributed by atoms with Crippen molar-refractivity contribution in [2.75, 3.05) is 18.7 Å². The standard InChI is InChI=1S/C18H21N5O3S/c1-11-7-15(12(2)20-11)16(24)10-27-18-22-21-17(23(18)19)9-26-14-6-4-5-13(8-14)25-3/h4-8,20H,9-10,19H2,1-3H3. The number of thioether (sulfide) groups is 1. The van der Waals surface area contributed by atoms with Gasteiger partial charge in [-0.2, -0.15) is 0 Å². The molecule has 8 nitrogen and oxygen atoms in total. The van der Waals surface area contributed by atoms with Gasteiger partial charge in [0, 0.05) is 23.0 Å². The molecule has 0 aliphatic heterocycles. The van der Waals surface area contributed by atoms with E-state index < -0.39 is 0 Å². The third-order valence-electron chi connectivity index (χ3n) is 3.93. The van der Waals surface area contributed by atoms with Gasteiger partial charge in [-0.25, -0.2) is 4.68 Å². The largest absolute Gasteiger partial charge is 0.497 e. The van der Waals surface area contributed by atoms with Crippen LogP contribution in [0.5, 0.6) is 11.5 Å². The first-order chi connectivity index (χ1) is 13.0. The van der Waals surface area contributed by atoms with Gasteiger partial charge >= 0.3 is 0 Å². The maximum absolute atomic E-state index is 12.4. The maximum Gasteiger partial charge on any atom is 0.210 e. The van der Waals surface area contributed by atoms with Crippen molar-refractivity contribution >= 4 is 17.5 Å². The molecule has 142 valence electrons. The fourth-order valence-electron chi connectivity index (χ4n) is 2.56. The Labute approximate surface area is 161 Å². The predicted octanol–water partition coefficient (Wildman–Crippen LogP) is 2.50. The number of nitrogens with one attached hydrogen (secondary N) is 1. The molecule has 2 heterocycles. The molecule has 0 aliphatic rings. The number of methoxy groups -OCH3 is 1. The van der Waals surface area contributed by atoms with E-state index in [0.717, 1.165) is 11.4 Å². The second-order valence-corrected chi connectivity index (χ2v) is 6.88. The highest BCUT2D eigenvalue weighted by Gasteiger charge is 2.16. The molecule has 0 fully saturated rings. The molecule has 0 spiro atoms. The smallest absolute Gasteiger partial charge is 0.210 e. The van der Waals surface area contributed by atoms with Gasteiger partial charge in [-0.3, -0.25) is 4.79 Å². The summed E-state index contributed by atoms with van der Waals surface area (Å²) in [6.07, 6.45) is 0. The number of aryl methyl sites for hydroxylation is 2. The lowest BCUT2D eigenvalue weighted by molar-refractivity contribution is 0.102. The second kappa shape index (κ2) is 8.17. The molecule has 3 N–H and O–H groups in total. The molecule has 0 aliphatic carbocycles. The number of rotatable bonds is 8. The number of nitrogens with two attached hydrogens (primary N) is 1. The first-order valence-electron chi connectivity index (χ1n) is 8.26. The molecule has 0 amide bonds. The SMILES string of the molecule is COc1cccc(OCc2nnc(SCC(=O)c3cc(C)[nH]c3C)n2N)c1. The van der Waals surface area contributed by atoms with Crippen molar-refractivity contribution < 1.29 is 14.3 Å². The van der Waals surface area contributed by atoms with E-state index in [0.29, 0.717) is 28.0 Å². The molecule has 3 aromatic rings. The lowest BCUT2D eigenvalue weighted by atomic mass is 10.2. The predicted molar refractivity (Wildman–Crippen MR) is 103 cm³/mol. The Morgan fingerprint density at radius 2 is 2.04 bits per heavy atom. The summed E-state index contributed by atoms with van der Waals surface area (Å²) in [5.41, 5.74) is 2.50. The number of Topliss-reactive ketones (excluding diaryl/α,β-unsaturated/α-hetero) is 1. The third kappa shape index (κ3) is 4.43. The third-order valence-corrected chi connectivity index (χ3v) is 4.87. The Morgan fingerprint density at radius 1 is 1.26 bits per heavy atom. The van der Waals surface area contributed by atoms with Crippen LogP contribution in [0.15, 0.2) is 35.5 Å². The molecule has 9 heteroatoms. The maximum atomic E-state index is 12.4. The van der Waals surface area contributed by atoms with Crippen LogP contribution < -0.4 is 15.3 Å². The van der Waals surface area contributed by atoms with E-state index >= 15 is 0 Å². The molecule has 1 aromatic carbocycles. The van der Waals surface area contributed by atoms with Gasteiger partial charge in [-0.15, -0.1) is 10.2 Å². The number of aromatic nitrogens is 4. The summed E-state index contributed by atoms with van der Waals surface area (Å²) in [4.78, 5) is 15.5. The number of carbonyl (C=O) groups is 1. The first kappa shape index (κ1) is 18.8. The average molecular weight is 387 g/mol. The van der Waals surface area contributed by atoms with Crippen molar-refractivity contribution in [3.63, 3.8) is 0 Å². The van der Waals surface area contributed by atoms with Crippen molar-refractivity contribution in [3.8, 4) is 11.5 Å². The van der Waals surface area contributed by atoms with E-state index in [4.69, 9.17) is 15.3 Å². The number of benzene rings is 1. The second-order valence-electron chi connectivity index (χ2n) is 5.94. The van der Waals surface area contributed by atoms with Gasteiger partial charge < -0.3 is 20.3 Å². The molecule has 0 radical (unpaired) electrons. The summed E-state index contributed by atoms with van der Waals surface area (Å²) in [6.45, 7) is 3.95. The highest BCUT2D eigenvalue weighted by Crippen LogP contribution is 2.21. The molecule has 2 aromatic heterocycles. The van der Waals surface area contributed by atoms with E-state index in [1.165, 1.54) is 16.4 Å². The van der Waals surface area contributed by atoms with Crippen LogP contribution >= 0.6 is 11.8 Å². The first-order valence-corrected chi connectivity index (χ1v) is 9.25. The topological polar surface area (TPSA) is 108 Å². The van der Waals surface area contributed by atoms with Crippen LogP contribution in [0.4, 0.5) is 0 Å². The Morgan fingerprint density at radius 3 is 2.74 bits per heavy atom. The Balaban J connectivity index is 1.59.